The predicted molar refractivity (Wildman–Crippen MR) is 73.2 cm³/mol. The van der Waals surface area contributed by atoms with E-state index < -0.39 is 0 Å². The minimum atomic E-state index is 0.0457. The average Bonchev–Trinajstić information content (AvgIpc) is 2.38. The first kappa shape index (κ1) is 14.3. The Kier molecular flexibility index (Phi) is 4.51. The molecule has 0 radical (unpaired) electrons. The van der Waals surface area contributed by atoms with Gasteiger partial charge in [-0.2, -0.15) is 10.5 Å². The van der Waals surface area contributed by atoms with Gasteiger partial charge in [0.2, 0.25) is 0 Å². The van der Waals surface area contributed by atoms with Crippen LogP contribution in [0.15, 0.2) is 12.1 Å². The summed E-state index contributed by atoms with van der Waals surface area (Å²) in [7, 11) is 0. The van der Waals surface area contributed by atoms with Gasteiger partial charge in [0.15, 0.2) is 0 Å². The Hall–Kier alpha value is -1.80. The van der Waals surface area contributed by atoms with Crippen LogP contribution in [-0.4, -0.2) is 0 Å². The molecule has 2 heteroatoms. The third kappa shape index (κ3) is 2.71. The van der Waals surface area contributed by atoms with Gasteiger partial charge in [-0.05, 0) is 41.0 Å². The molecule has 1 aromatic rings. The highest BCUT2D eigenvalue weighted by Gasteiger charge is 2.23. The topological polar surface area (TPSA) is 47.6 Å². The van der Waals surface area contributed by atoms with Crippen LogP contribution in [0, 0.1) is 22.7 Å². The van der Waals surface area contributed by atoms with Crippen molar-refractivity contribution in [3.63, 3.8) is 0 Å². The highest BCUT2D eigenvalue weighted by molar-refractivity contribution is 5.48. The zero-order chi connectivity index (χ0) is 13.8. The van der Waals surface area contributed by atoms with Crippen LogP contribution in [0.3, 0.4) is 0 Å². The fraction of sp³-hybridized carbons (Fsp3) is 0.500. The number of hydrogen-bond donors (Lipinski definition) is 0. The Morgan fingerprint density at radius 1 is 1.11 bits per heavy atom. The van der Waals surface area contributed by atoms with E-state index in [9.17, 15) is 0 Å². The number of nitrogens with zero attached hydrogens (tertiary/aromatic N) is 2. The molecule has 0 amide bonds. The van der Waals surface area contributed by atoms with E-state index in [0.29, 0.717) is 12.0 Å². The van der Waals surface area contributed by atoms with Crippen LogP contribution in [0.2, 0.25) is 0 Å². The SMILES string of the molecule is CCc1cc(C(C)(C)CC)c(CC#N)cc1C#N. The lowest BCUT2D eigenvalue weighted by atomic mass is 9.77. The first-order chi connectivity index (χ1) is 8.50. The largest absolute Gasteiger partial charge is 0.198 e. The highest BCUT2D eigenvalue weighted by atomic mass is 14.3. The molecule has 0 aliphatic carbocycles. The van der Waals surface area contributed by atoms with Crippen LogP contribution in [0.25, 0.3) is 0 Å². The molecule has 0 unspecified atom stereocenters. The number of aryl methyl sites for hydroxylation is 1. The van der Waals surface area contributed by atoms with Crippen LogP contribution >= 0.6 is 0 Å². The molecule has 18 heavy (non-hydrogen) atoms. The number of nitriles is 2. The van der Waals surface area contributed by atoms with Gasteiger partial charge in [0.25, 0.3) is 0 Å². The summed E-state index contributed by atoms with van der Waals surface area (Å²) < 4.78 is 0. The van der Waals surface area contributed by atoms with Gasteiger partial charge < -0.3 is 0 Å². The van der Waals surface area contributed by atoms with Crippen molar-refractivity contribution < 1.29 is 0 Å². The maximum atomic E-state index is 9.16. The minimum Gasteiger partial charge on any atom is -0.198 e. The second-order valence-electron chi connectivity index (χ2n) is 5.20. The summed E-state index contributed by atoms with van der Waals surface area (Å²) in [5, 5.41) is 18.1. The molecular formula is C16H20N2. The van der Waals surface area contributed by atoms with E-state index in [0.717, 1.165) is 24.0 Å². The van der Waals surface area contributed by atoms with Crippen molar-refractivity contribution in [2.24, 2.45) is 0 Å². The lowest BCUT2D eigenvalue weighted by molar-refractivity contribution is 0.502. The van der Waals surface area contributed by atoms with Crippen molar-refractivity contribution in [3.05, 3.63) is 34.4 Å². The monoisotopic (exact) mass is 240 g/mol. The summed E-state index contributed by atoms with van der Waals surface area (Å²) in [5.74, 6) is 0. The summed E-state index contributed by atoms with van der Waals surface area (Å²) in [4.78, 5) is 0. The van der Waals surface area contributed by atoms with E-state index in [2.05, 4.69) is 45.9 Å². The molecule has 0 saturated heterocycles. The summed E-state index contributed by atoms with van der Waals surface area (Å²) in [6, 6.07) is 8.45. The summed E-state index contributed by atoms with van der Waals surface area (Å²) in [6.45, 7) is 8.59. The van der Waals surface area contributed by atoms with Crippen LogP contribution < -0.4 is 0 Å². The standard InChI is InChI=1S/C16H20N2/c1-5-12-10-15(16(3,4)6-2)13(7-8-17)9-14(12)11-18/h9-10H,5-7H2,1-4H3. The van der Waals surface area contributed by atoms with E-state index >= 15 is 0 Å². The first-order valence-corrected chi connectivity index (χ1v) is 6.43. The van der Waals surface area contributed by atoms with Crippen molar-refractivity contribution in [3.8, 4) is 12.1 Å². The smallest absolute Gasteiger partial charge is 0.0994 e. The molecule has 0 aromatic heterocycles. The molecule has 0 saturated carbocycles. The number of benzene rings is 1. The molecule has 0 N–H and O–H groups in total. The molecule has 1 rings (SSSR count). The molecule has 0 bridgehead atoms. The van der Waals surface area contributed by atoms with Gasteiger partial charge in [-0.25, -0.2) is 0 Å². The lowest BCUT2D eigenvalue weighted by Gasteiger charge is -2.27. The summed E-state index contributed by atoms with van der Waals surface area (Å²) >= 11 is 0. The van der Waals surface area contributed by atoms with Gasteiger partial charge in [0, 0.05) is 0 Å². The van der Waals surface area contributed by atoms with E-state index in [1.54, 1.807) is 0 Å². The zero-order valence-electron chi connectivity index (χ0n) is 11.7. The van der Waals surface area contributed by atoms with Gasteiger partial charge in [0.1, 0.15) is 0 Å². The van der Waals surface area contributed by atoms with Crippen molar-refractivity contribution in [2.75, 3.05) is 0 Å². The van der Waals surface area contributed by atoms with Gasteiger partial charge in [-0.1, -0.05) is 33.8 Å². The molecule has 0 spiro atoms. The van der Waals surface area contributed by atoms with Gasteiger partial charge in [-0.15, -0.1) is 0 Å². The molecule has 2 nitrogen and oxygen atoms in total. The second kappa shape index (κ2) is 5.69. The lowest BCUT2D eigenvalue weighted by Crippen LogP contribution is -2.19. The molecule has 0 atom stereocenters. The molecule has 1 aromatic carbocycles. The predicted octanol–water partition coefficient (Wildman–Crippen LogP) is 3.87. The Morgan fingerprint density at radius 2 is 1.78 bits per heavy atom. The van der Waals surface area contributed by atoms with Crippen LogP contribution in [0.4, 0.5) is 0 Å². The Morgan fingerprint density at radius 3 is 2.22 bits per heavy atom. The van der Waals surface area contributed by atoms with E-state index in [1.165, 1.54) is 5.56 Å². The summed E-state index contributed by atoms with van der Waals surface area (Å²) in [5.41, 5.74) is 4.04. The number of hydrogen-bond acceptors (Lipinski definition) is 2. The molecule has 0 heterocycles. The van der Waals surface area contributed by atoms with E-state index in [1.807, 2.05) is 6.07 Å². The fourth-order valence-corrected chi connectivity index (χ4v) is 2.14. The molecule has 94 valence electrons. The van der Waals surface area contributed by atoms with Crippen molar-refractivity contribution in [1.82, 2.24) is 0 Å². The molecule has 0 aliphatic heterocycles. The van der Waals surface area contributed by atoms with Crippen LogP contribution in [0.1, 0.15) is 56.4 Å². The Balaban J connectivity index is 3.49. The quantitative estimate of drug-likeness (QED) is 0.802. The zero-order valence-corrected chi connectivity index (χ0v) is 11.7. The molecule has 0 aliphatic rings. The third-order valence-corrected chi connectivity index (χ3v) is 3.71. The van der Waals surface area contributed by atoms with Crippen LogP contribution in [0.5, 0.6) is 0 Å². The Bertz CT molecular complexity index is 513. The Labute approximate surface area is 110 Å². The van der Waals surface area contributed by atoms with Crippen LogP contribution in [-0.2, 0) is 18.3 Å². The van der Waals surface area contributed by atoms with Gasteiger partial charge >= 0.3 is 0 Å². The second-order valence-corrected chi connectivity index (χ2v) is 5.20. The normalized spacial score (nSPS) is 10.8. The van der Waals surface area contributed by atoms with Gasteiger partial charge in [-0.3, -0.25) is 0 Å². The third-order valence-electron chi connectivity index (χ3n) is 3.71. The first-order valence-electron chi connectivity index (χ1n) is 6.43. The van der Waals surface area contributed by atoms with E-state index in [-0.39, 0.29) is 5.41 Å². The highest BCUT2D eigenvalue weighted by Crippen LogP contribution is 2.32. The maximum absolute atomic E-state index is 9.16. The summed E-state index contributed by atoms with van der Waals surface area (Å²) in [6.07, 6.45) is 2.24. The van der Waals surface area contributed by atoms with E-state index in [4.69, 9.17) is 10.5 Å². The van der Waals surface area contributed by atoms with Gasteiger partial charge in [0.05, 0.1) is 24.1 Å². The minimum absolute atomic E-state index is 0.0457. The van der Waals surface area contributed by atoms with Crippen molar-refractivity contribution in [1.29, 1.82) is 10.5 Å². The van der Waals surface area contributed by atoms with Crippen molar-refractivity contribution >= 4 is 0 Å². The maximum Gasteiger partial charge on any atom is 0.0994 e. The van der Waals surface area contributed by atoms with Crippen molar-refractivity contribution in [2.45, 2.75) is 52.4 Å². The number of rotatable bonds is 4. The fourth-order valence-electron chi connectivity index (χ4n) is 2.14. The molecule has 0 fully saturated rings. The average molecular weight is 240 g/mol. The molecular weight excluding hydrogens is 220 g/mol.